The van der Waals surface area contributed by atoms with Crippen LogP contribution in [0.1, 0.15) is 45.5 Å². The van der Waals surface area contributed by atoms with E-state index >= 15 is 0 Å². The summed E-state index contributed by atoms with van der Waals surface area (Å²) < 4.78 is 10.6. The van der Waals surface area contributed by atoms with Gasteiger partial charge in [-0.1, -0.05) is 30.3 Å². The van der Waals surface area contributed by atoms with E-state index in [0.29, 0.717) is 11.3 Å². The zero-order valence-corrected chi connectivity index (χ0v) is 17.1. The van der Waals surface area contributed by atoms with Crippen molar-refractivity contribution in [2.75, 3.05) is 13.7 Å². The highest BCUT2D eigenvalue weighted by Crippen LogP contribution is 2.52. The van der Waals surface area contributed by atoms with Gasteiger partial charge in [-0.25, -0.2) is 4.79 Å². The topological polar surface area (TPSA) is 110 Å². The summed E-state index contributed by atoms with van der Waals surface area (Å²) >= 11 is 0. The first-order valence-corrected chi connectivity index (χ1v) is 10.0. The van der Waals surface area contributed by atoms with Crippen LogP contribution in [0, 0.1) is 11.8 Å². The Morgan fingerprint density at radius 3 is 2.52 bits per heavy atom. The fourth-order valence-corrected chi connectivity index (χ4v) is 4.72. The molecule has 2 aliphatic carbocycles. The van der Waals surface area contributed by atoms with Crippen LogP contribution in [0.2, 0.25) is 0 Å². The molecule has 2 aromatic rings. The van der Waals surface area contributed by atoms with Crippen LogP contribution in [-0.2, 0) is 9.53 Å². The van der Waals surface area contributed by atoms with Gasteiger partial charge in [0.2, 0.25) is 0 Å². The Morgan fingerprint density at radius 2 is 1.81 bits per heavy atom. The summed E-state index contributed by atoms with van der Waals surface area (Å²) in [6.45, 7) is 1.72. The number of rotatable bonds is 4. The molecular formula is C24H22O7. The van der Waals surface area contributed by atoms with Crippen molar-refractivity contribution in [1.29, 1.82) is 0 Å². The van der Waals surface area contributed by atoms with E-state index in [0.717, 1.165) is 0 Å². The van der Waals surface area contributed by atoms with Gasteiger partial charge in [-0.15, -0.1) is 0 Å². The van der Waals surface area contributed by atoms with Gasteiger partial charge in [-0.2, -0.15) is 0 Å². The molecular weight excluding hydrogens is 400 g/mol. The highest BCUT2D eigenvalue weighted by molar-refractivity contribution is 6.18. The summed E-state index contributed by atoms with van der Waals surface area (Å²) in [4.78, 5) is 39.7. The molecule has 2 N–H and O–H groups in total. The quantitative estimate of drug-likeness (QED) is 0.725. The number of aromatic hydroxyl groups is 1. The number of Topliss-reactive ketones (excluding diaryl/α,β-unsaturated/α-hetero) is 2. The molecule has 160 valence electrons. The SMILES string of the molecule is CCOC(=O)C1=C(O)CC2C(=O)c3cccc(O)c3C(=O)C2C1c1ccccc1OC. The number of ether oxygens (including phenoxy) is 2. The van der Waals surface area contributed by atoms with Gasteiger partial charge in [0.1, 0.15) is 17.3 Å². The van der Waals surface area contributed by atoms with Crippen molar-refractivity contribution in [3.63, 3.8) is 0 Å². The first-order chi connectivity index (χ1) is 14.9. The lowest BCUT2D eigenvalue weighted by atomic mass is 9.60. The lowest BCUT2D eigenvalue weighted by molar-refractivity contribution is -0.139. The van der Waals surface area contributed by atoms with E-state index in [1.165, 1.54) is 25.3 Å². The molecule has 0 amide bonds. The molecule has 0 aromatic heterocycles. The van der Waals surface area contributed by atoms with E-state index in [1.54, 1.807) is 31.2 Å². The number of fused-ring (bicyclic) bond motifs is 2. The number of carbonyl (C=O) groups is 3. The number of aliphatic hydroxyl groups excluding tert-OH is 1. The number of aliphatic hydroxyl groups is 1. The number of allylic oxidation sites excluding steroid dienone is 1. The number of phenols is 1. The third kappa shape index (κ3) is 3.17. The minimum Gasteiger partial charge on any atom is -0.512 e. The lowest BCUT2D eigenvalue weighted by Crippen LogP contribution is -2.44. The van der Waals surface area contributed by atoms with Crippen LogP contribution in [0.4, 0.5) is 0 Å². The number of esters is 1. The molecule has 0 aliphatic heterocycles. The smallest absolute Gasteiger partial charge is 0.338 e. The zero-order chi connectivity index (χ0) is 22.3. The Hall–Kier alpha value is -3.61. The summed E-state index contributed by atoms with van der Waals surface area (Å²) in [5.74, 6) is -4.57. The number of methoxy groups -OCH3 is 1. The summed E-state index contributed by atoms with van der Waals surface area (Å²) in [6, 6.07) is 11.2. The second-order valence-corrected chi connectivity index (χ2v) is 7.57. The van der Waals surface area contributed by atoms with Crippen molar-refractivity contribution < 1.29 is 34.1 Å². The van der Waals surface area contributed by atoms with Crippen LogP contribution < -0.4 is 4.74 Å². The molecule has 3 unspecified atom stereocenters. The minimum absolute atomic E-state index is 0.0572. The maximum Gasteiger partial charge on any atom is 0.338 e. The molecule has 0 fully saturated rings. The lowest BCUT2D eigenvalue weighted by Gasteiger charge is -2.40. The third-order valence-corrected chi connectivity index (χ3v) is 5.99. The summed E-state index contributed by atoms with van der Waals surface area (Å²) in [7, 11) is 1.46. The maximum atomic E-state index is 13.6. The van der Waals surface area contributed by atoms with E-state index in [1.807, 2.05) is 0 Å². The van der Waals surface area contributed by atoms with Crippen molar-refractivity contribution in [3.8, 4) is 11.5 Å². The minimum atomic E-state index is -1.00. The van der Waals surface area contributed by atoms with Crippen molar-refractivity contribution >= 4 is 17.5 Å². The second-order valence-electron chi connectivity index (χ2n) is 7.57. The van der Waals surface area contributed by atoms with E-state index in [4.69, 9.17) is 9.47 Å². The van der Waals surface area contributed by atoms with Gasteiger partial charge >= 0.3 is 5.97 Å². The number of ketones is 2. The second kappa shape index (κ2) is 7.91. The van der Waals surface area contributed by atoms with Crippen molar-refractivity contribution in [1.82, 2.24) is 0 Å². The standard InChI is InChI=1S/C24H22O7/c1-3-31-24(29)21-16(26)11-14-20(19(21)12-7-4-5-10-17(12)30-2)23(28)18-13(22(14)27)8-6-9-15(18)25/h4-10,14,19-20,25-26H,3,11H2,1-2H3. The molecule has 2 aliphatic rings. The molecule has 31 heavy (non-hydrogen) atoms. The van der Waals surface area contributed by atoms with E-state index in [2.05, 4.69) is 0 Å². The first-order valence-electron chi connectivity index (χ1n) is 10.0. The number of phenolic OH excluding ortho intramolecular Hbond substituents is 1. The van der Waals surface area contributed by atoms with Gasteiger partial charge < -0.3 is 19.7 Å². The van der Waals surface area contributed by atoms with Gasteiger partial charge in [0.15, 0.2) is 11.6 Å². The van der Waals surface area contributed by atoms with Gasteiger partial charge in [-0.3, -0.25) is 9.59 Å². The van der Waals surface area contributed by atoms with E-state index in [9.17, 15) is 24.6 Å². The molecule has 7 nitrogen and oxygen atoms in total. The number of hydrogen-bond donors (Lipinski definition) is 2. The third-order valence-electron chi connectivity index (χ3n) is 5.99. The molecule has 0 heterocycles. The van der Waals surface area contributed by atoms with Crippen molar-refractivity contribution in [2.45, 2.75) is 19.3 Å². The van der Waals surface area contributed by atoms with Gasteiger partial charge in [0.25, 0.3) is 0 Å². The summed E-state index contributed by atoms with van der Waals surface area (Å²) in [6.07, 6.45) is -0.163. The van der Waals surface area contributed by atoms with Crippen LogP contribution in [0.3, 0.4) is 0 Å². The number of carbonyl (C=O) groups excluding carboxylic acids is 3. The number of benzene rings is 2. The normalized spacial score (nSPS) is 22.6. The number of para-hydroxylation sites is 1. The van der Waals surface area contributed by atoms with Crippen molar-refractivity contribution in [3.05, 3.63) is 70.5 Å². The molecule has 0 bridgehead atoms. The van der Waals surface area contributed by atoms with Crippen LogP contribution in [-0.4, -0.2) is 41.5 Å². The fraction of sp³-hybridized carbons (Fsp3) is 0.292. The van der Waals surface area contributed by atoms with Crippen LogP contribution >= 0.6 is 0 Å². The van der Waals surface area contributed by atoms with E-state index < -0.39 is 29.5 Å². The van der Waals surface area contributed by atoms with Crippen molar-refractivity contribution in [2.24, 2.45) is 11.8 Å². The molecule has 4 rings (SSSR count). The molecule has 0 radical (unpaired) electrons. The summed E-state index contributed by atoms with van der Waals surface area (Å²) in [5, 5.41) is 21.2. The monoisotopic (exact) mass is 422 g/mol. The van der Waals surface area contributed by atoms with Gasteiger partial charge in [0.05, 0.1) is 24.9 Å². The predicted octanol–water partition coefficient (Wildman–Crippen LogP) is 3.57. The average molecular weight is 422 g/mol. The largest absolute Gasteiger partial charge is 0.512 e. The molecule has 0 saturated heterocycles. The first kappa shape index (κ1) is 20.7. The highest BCUT2D eigenvalue weighted by Gasteiger charge is 2.53. The molecule has 2 aromatic carbocycles. The highest BCUT2D eigenvalue weighted by atomic mass is 16.5. The van der Waals surface area contributed by atoms with Gasteiger partial charge in [0, 0.05) is 35.3 Å². The van der Waals surface area contributed by atoms with Gasteiger partial charge in [-0.05, 0) is 19.1 Å². The van der Waals surface area contributed by atoms with E-state index in [-0.39, 0.29) is 47.0 Å². The van der Waals surface area contributed by atoms with Crippen LogP contribution in [0.25, 0.3) is 0 Å². The fourth-order valence-electron chi connectivity index (χ4n) is 4.72. The Labute approximate surface area is 178 Å². The van der Waals surface area contributed by atoms with Crippen LogP contribution in [0.15, 0.2) is 53.8 Å². The summed E-state index contributed by atoms with van der Waals surface area (Å²) in [5.41, 5.74) is 0.484. The molecule has 7 heteroatoms. The predicted molar refractivity (Wildman–Crippen MR) is 110 cm³/mol. The molecule has 0 spiro atoms. The Bertz CT molecular complexity index is 1110. The Balaban J connectivity index is 1.98. The maximum absolute atomic E-state index is 13.6. The molecule has 0 saturated carbocycles. The average Bonchev–Trinajstić information content (AvgIpc) is 2.76. The van der Waals surface area contributed by atoms with Crippen LogP contribution in [0.5, 0.6) is 11.5 Å². The zero-order valence-electron chi connectivity index (χ0n) is 17.1. The number of hydrogen-bond acceptors (Lipinski definition) is 7. The molecule has 3 atom stereocenters. The Kier molecular flexibility index (Phi) is 5.27. The Morgan fingerprint density at radius 1 is 1.06 bits per heavy atom.